The van der Waals surface area contributed by atoms with E-state index in [9.17, 15) is 45.6 Å². The maximum absolute atomic E-state index is 13.3. The third-order valence-corrected chi connectivity index (χ3v) is 16.2. The molecule has 2 heterocycles. The van der Waals surface area contributed by atoms with E-state index in [1.807, 2.05) is 6.08 Å². The minimum absolute atomic E-state index is 0.252. The Morgan fingerprint density at radius 2 is 0.827 bits per heavy atom. The van der Waals surface area contributed by atoms with Gasteiger partial charge in [-0.15, -0.1) is 0 Å². The summed E-state index contributed by atoms with van der Waals surface area (Å²) in [5.74, 6) is -0.252. The molecule has 2 aliphatic rings. The second-order valence-electron chi connectivity index (χ2n) is 23.6. The summed E-state index contributed by atoms with van der Waals surface area (Å²) in [6.07, 6.45) is 50.2. The molecule has 9 N–H and O–H groups in total. The van der Waals surface area contributed by atoms with Gasteiger partial charge in [-0.2, -0.15) is 0 Å². The van der Waals surface area contributed by atoms with E-state index in [1.165, 1.54) is 199 Å². The van der Waals surface area contributed by atoms with Gasteiger partial charge < -0.3 is 65.1 Å². The second-order valence-corrected chi connectivity index (χ2v) is 23.6. The zero-order chi connectivity index (χ0) is 58.8. The Morgan fingerprint density at radius 3 is 1.28 bits per heavy atom. The molecule has 0 bridgehead atoms. The van der Waals surface area contributed by atoms with Crippen molar-refractivity contribution in [2.24, 2.45) is 0 Å². The van der Waals surface area contributed by atoms with Crippen molar-refractivity contribution < 1.29 is 64.6 Å². The maximum atomic E-state index is 13.3. The summed E-state index contributed by atoms with van der Waals surface area (Å²) in [5.41, 5.74) is 0. The van der Waals surface area contributed by atoms with E-state index in [0.717, 1.165) is 44.9 Å². The predicted molar refractivity (Wildman–Crippen MR) is 327 cm³/mol. The number of hydrogen-bond acceptors (Lipinski definition) is 13. The Kier molecular flexibility index (Phi) is 48.5. The van der Waals surface area contributed by atoms with Gasteiger partial charge >= 0.3 is 0 Å². The quantitative estimate of drug-likeness (QED) is 0.0204. The van der Waals surface area contributed by atoms with Crippen LogP contribution in [-0.4, -0.2) is 140 Å². The summed E-state index contributed by atoms with van der Waals surface area (Å²) in [5, 5.41) is 87.3. The fourth-order valence-electron chi connectivity index (χ4n) is 10.9. The molecule has 0 aromatic heterocycles. The zero-order valence-electron chi connectivity index (χ0n) is 51.3. The molecule has 2 fully saturated rings. The van der Waals surface area contributed by atoms with E-state index in [0.29, 0.717) is 12.8 Å². The molecule has 2 saturated heterocycles. The van der Waals surface area contributed by atoms with Crippen LogP contribution in [0.3, 0.4) is 0 Å². The lowest BCUT2D eigenvalue weighted by Crippen LogP contribution is -2.65. The number of allylic oxidation sites excluding steroid dienone is 7. The Balaban J connectivity index is 1.73. The number of unbranched alkanes of at least 4 members (excludes halogenated alkanes) is 35. The molecule has 12 atom stereocenters. The standard InChI is InChI=1S/C67H123NO13/c1-3-5-7-9-11-13-15-17-19-21-23-25-26-27-28-29-31-32-34-36-38-40-42-44-46-48-50-56(71)55(54-78-66-64(77)62(75)65(58(53-70)80-66)81-67-63(76)61(74)60(73)57(52-69)79-67)68-59(72)51-49-47-45-43-41-39-37-35-33-30-24-22-20-18-16-14-12-10-8-6-4-2/h16,18,22,24,40,42,48,50,55-58,60-67,69-71,73-77H,3-15,17,19-21,23,25-39,41,43-47,49,51-54H2,1-2H3,(H,68,72)/b18-16-,24-22-,42-40+,50-48+. The van der Waals surface area contributed by atoms with Crippen LogP contribution in [0.1, 0.15) is 277 Å². The van der Waals surface area contributed by atoms with Crippen molar-refractivity contribution in [3.63, 3.8) is 0 Å². The number of carbonyl (C=O) groups excluding carboxylic acids is 1. The van der Waals surface area contributed by atoms with Gasteiger partial charge in [0.15, 0.2) is 12.6 Å². The van der Waals surface area contributed by atoms with Gasteiger partial charge in [0, 0.05) is 6.42 Å². The fourth-order valence-corrected chi connectivity index (χ4v) is 10.9. The molecule has 14 heteroatoms. The highest BCUT2D eigenvalue weighted by molar-refractivity contribution is 5.76. The van der Waals surface area contributed by atoms with Gasteiger partial charge in [0.25, 0.3) is 0 Å². The third kappa shape index (κ3) is 37.2. The van der Waals surface area contributed by atoms with Gasteiger partial charge in [-0.25, -0.2) is 0 Å². The summed E-state index contributed by atoms with van der Waals surface area (Å²) in [6.45, 7) is 2.80. The average Bonchev–Trinajstić information content (AvgIpc) is 3.47. The van der Waals surface area contributed by atoms with Crippen molar-refractivity contribution in [2.75, 3.05) is 19.8 Å². The number of aliphatic hydroxyl groups excluding tert-OH is 8. The molecule has 474 valence electrons. The smallest absolute Gasteiger partial charge is 0.220 e. The first kappa shape index (κ1) is 75.0. The van der Waals surface area contributed by atoms with Gasteiger partial charge in [0.05, 0.1) is 32.0 Å². The zero-order valence-corrected chi connectivity index (χ0v) is 51.3. The fraction of sp³-hybridized carbons (Fsp3) is 0.866. The summed E-state index contributed by atoms with van der Waals surface area (Å²) < 4.78 is 22.8. The third-order valence-electron chi connectivity index (χ3n) is 16.2. The van der Waals surface area contributed by atoms with Crippen LogP contribution in [-0.2, 0) is 23.7 Å². The monoisotopic (exact) mass is 1150 g/mol. The number of carbonyl (C=O) groups is 1. The van der Waals surface area contributed by atoms with Crippen molar-refractivity contribution in [2.45, 2.75) is 351 Å². The molecule has 1 amide bonds. The minimum Gasteiger partial charge on any atom is -0.394 e. The molecular formula is C67H123NO13. The van der Waals surface area contributed by atoms with E-state index < -0.39 is 86.8 Å². The average molecular weight is 1150 g/mol. The summed E-state index contributed by atoms with van der Waals surface area (Å²) in [7, 11) is 0. The van der Waals surface area contributed by atoms with Crippen LogP contribution in [0.25, 0.3) is 0 Å². The lowest BCUT2D eigenvalue weighted by molar-refractivity contribution is -0.359. The van der Waals surface area contributed by atoms with Gasteiger partial charge in [-0.3, -0.25) is 4.79 Å². The van der Waals surface area contributed by atoms with Crippen molar-refractivity contribution in [1.29, 1.82) is 0 Å². The normalized spacial score (nSPS) is 24.4. The van der Waals surface area contributed by atoms with Crippen LogP contribution < -0.4 is 5.32 Å². The number of hydrogen-bond donors (Lipinski definition) is 9. The first-order chi connectivity index (χ1) is 39.6. The molecule has 0 radical (unpaired) electrons. The van der Waals surface area contributed by atoms with Gasteiger partial charge in [-0.1, -0.05) is 255 Å². The Labute approximate surface area is 493 Å². The van der Waals surface area contributed by atoms with Crippen LogP contribution in [0.5, 0.6) is 0 Å². The van der Waals surface area contributed by atoms with Crippen LogP contribution in [0, 0.1) is 0 Å². The SMILES string of the molecule is CCCCCCC/C=C\C/C=C\CCCCCCCCCCCC(=O)NC(COC1OC(CO)C(OC2OC(CO)C(O)C(O)C2O)C(O)C1O)C(O)/C=C/CC/C=C/CCCCCCCCCCCCCCCCCCCCCC. The van der Waals surface area contributed by atoms with E-state index in [4.69, 9.17) is 18.9 Å². The molecule has 14 nitrogen and oxygen atoms in total. The van der Waals surface area contributed by atoms with Gasteiger partial charge in [-0.05, 0) is 64.2 Å². The van der Waals surface area contributed by atoms with Crippen molar-refractivity contribution in [3.05, 3.63) is 48.6 Å². The predicted octanol–water partition coefficient (Wildman–Crippen LogP) is 12.7. The lowest BCUT2D eigenvalue weighted by Gasteiger charge is -2.46. The molecule has 2 rings (SSSR count). The molecule has 0 aromatic carbocycles. The Hall–Kier alpha value is -2.05. The van der Waals surface area contributed by atoms with Crippen LogP contribution in [0.4, 0.5) is 0 Å². The molecule has 0 aromatic rings. The molecule has 0 saturated carbocycles. The molecule has 0 spiro atoms. The minimum atomic E-state index is -1.79. The number of nitrogens with one attached hydrogen (secondary N) is 1. The summed E-state index contributed by atoms with van der Waals surface area (Å²) >= 11 is 0. The highest BCUT2D eigenvalue weighted by Gasteiger charge is 2.51. The Bertz CT molecular complexity index is 1540. The topological polar surface area (TPSA) is 228 Å². The first-order valence-corrected chi connectivity index (χ1v) is 33.4. The summed E-state index contributed by atoms with van der Waals surface area (Å²) in [4.78, 5) is 13.3. The lowest BCUT2D eigenvalue weighted by atomic mass is 9.97. The highest BCUT2D eigenvalue weighted by Crippen LogP contribution is 2.30. The molecular weight excluding hydrogens is 1030 g/mol. The maximum Gasteiger partial charge on any atom is 0.220 e. The largest absolute Gasteiger partial charge is 0.394 e. The van der Waals surface area contributed by atoms with Crippen LogP contribution in [0.2, 0.25) is 0 Å². The molecule has 81 heavy (non-hydrogen) atoms. The van der Waals surface area contributed by atoms with E-state index in [-0.39, 0.29) is 18.9 Å². The number of rotatable bonds is 54. The highest BCUT2D eigenvalue weighted by atomic mass is 16.7. The van der Waals surface area contributed by atoms with Crippen LogP contribution >= 0.6 is 0 Å². The van der Waals surface area contributed by atoms with Gasteiger partial charge in [0.2, 0.25) is 5.91 Å². The molecule has 12 unspecified atom stereocenters. The van der Waals surface area contributed by atoms with E-state index in [1.54, 1.807) is 6.08 Å². The first-order valence-electron chi connectivity index (χ1n) is 33.4. The number of amides is 1. The van der Waals surface area contributed by atoms with Crippen molar-refractivity contribution in [1.82, 2.24) is 5.32 Å². The molecule has 2 aliphatic heterocycles. The molecule has 0 aliphatic carbocycles. The Morgan fingerprint density at radius 1 is 0.444 bits per heavy atom. The van der Waals surface area contributed by atoms with E-state index in [2.05, 4.69) is 55.6 Å². The number of aliphatic hydroxyl groups is 8. The van der Waals surface area contributed by atoms with Crippen molar-refractivity contribution >= 4 is 5.91 Å². The number of ether oxygens (including phenoxy) is 4. The van der Waals surface area contributed by atoms with Crippen LogP contribution in [0.15, 0.2) is 48.6 Å². The van der Waals surface area contributed by atoms with E-state index >= 15 is 0 Å². The summed E-state index contributed by atoms with van der Waals surface area (Å²) in [6, 6.07) is -0.936. The second kappa shape index (κ2) is 52.3. The van der Waals surface area contributed by atoms with Crippen molar-refractivity contribution in [3.8, 4) is 0 Å². The van der Waals surface area contributed by atoms with Gasteiger partial charge in [0.1, 0.15) is 48.8 Å².